The Hall–Kier alpha value is -0.440. The monoisotopic (exact) mass is 163 g/mol. The largest absolute Gasteiger partial charge is 0.293 e. The molecule has 0 fully saturated rings. The van der Waals surface area contributed by atoms with Gasteiger partial charge in [0.1, 0.15) is 6.17 Å². The summed E-state index contributed by atoms with van der Waals surface area (Å²) in [7, 11) is 0. The number of aliphatic imine (C=N–C) groups is 1. The van der Waals surface area contributed by atoms with Gasteiger partial charge in [0.15, 0.2) is 11.3 Å². The van der Waals surface area contributed by atoms with E-state index in [2.05, 4.69) is 4.99 Å². The Bertz CT molecular complexity index is 192. The van der Waals surface area contributed by atoms with Crippen molar-refractivity contribution in [2.24, 2.45) is 4.99 Å². The second-order valence-electron chi connectivity index (χ2n) is 2.23. The van der Waals surface area contributed by atoms with Crippen LogP contribution in [0, 0.1) is 0 Å². The third-order valence-electron chi connectivity index (χ3n) is 1.40. The first-order chi connectivity index (χ1) is 4.61. The van der Waals surface area contributed by atoms with E-state index < -0.39 is 11.7 Å². The number of Topliss-reactive ketones (excluding diaryl/α,β-unsaturated/α-hetero) is 1. The Morgan fingerprint density at radius 3 is 2.90 bits per heavy atom. The molecule has 2 atom stereocenters. The number of nitrogens with zero attached hydrogens (tertiary/aromatic N) is 1. The maximum Gasteiger partial charge on any atom is 0.179 e. The second kappa shape index (κ2) is 2.66. The fourth-order valence-corrected chi connectivity index (χ4v) is 0.995. The van der Waals surface area contributed by atoms with Crippen LogP contribution in [0.2, 0.25) is 0 Å². The molecule has 0 saturated carbocycles. The predicted molar refractivity (Wildman–Crippen MR) is 37.3 cm³/mol. The van der Waals surface area contributed by atoms with Gasteiger partial charge in [0.05, 0.1) is 5.71 Å². The van der Waals surface area contributed by atoms with Gasteiger partial charge in [-0.3, -0.25) is 9.79 Å². The molecule has 4 heteroatoms. The Kier molecular flexibility index (Phi) is 2.04. The van der Waals surface area contributed by atoms with E-state index in [1.54, 1.807) is 6.92 Å². The zero-order valence-electron chi connectivity index (χ0n) is 5.47. The SMILES string of the molecule is CC1=NC(Cl)C(F)CC1=O. The highest BCUT2D eigenvalue weighted by atomic mass is 35.5. The fourth-order valence-electron chi connectivity index (χ4n) is 0.760. The molecule has 0 spiro atoms. The lowest BCUT2D eigenvalue weighted by molar-refractivity contribution is -0.114. The van der Waals surface area contributed by atoms with Crippen LogP contribution in [0.25, 0.3) is 0 Å². The molecular formula is C6H7ClFNO. The van der Waals surface area contributed by atoms with Gasteiger partial charge in [0.2, 0.25) is 0 Å². The van der Waals surface area contributed by atoms with Crippen LogP contribution < -0.4 is 0 Å². The summed E-state index contributed by atoms with van der Waals surface area (Å²) in [6.07, 6.45) is -1.43. The fraction of sp³-hybridized carbons (Fsp3) is 0.667. The van der Waals surface area contributed by atoms with Crippen LogP contribution in [0.15, 0.2) is 4.99 Å². The highest BCUT2D eigenvalue weighted by Gasteiger charge is 2.27. The maximum absolute atomic E-state index is 12.5. The molecule has 0 saturated heterocycles. The molecule has 1 aliphatic rings. The first kappa shape index (κ1) is 7.66. The van der Waals surface area contributed by atoms with Crippen LogP contribution in [0.3, 0.4) is 0 Å². The Labute approximate surface area is 63.1 Å². The topological polar surface area (TPSA) is 29.4 Å². The van der Waals surface area contributed by atoms with Crippen molar-refractivity contribution < 1.29 is 9.18 Å². The minimum absolute atomic E-state index is 0.122. The van der Waals surface area contributed by atoms with E-state index >= 15 is 0 Å². The summed E-state index contributed by atoms with van der Waals surface area (Å²) in [5.74, 6) is -0.246. The van der Waals surface area contributed by atoms with E-state index in [0.717, 1.165) is 0 Å². The second-order valence-corrected chi connectivity index (χ2v) is 2.68. The highest BCUT2D eigenvalue weighted by Crippen LogP contribution is 2.17. The smallest absolute Gasteiger partial charge is 0.179 e. The molecule has 2 unspecified atom stereocenters. The van der Waals surface area contributed by atoms with Gasteiger partial charge in [-0.15, -0.1) is 0 Å². The van der Waals surface area contributed by atoms with Crippen LogP contribution in [-0.4, -0.2) is 23.2 Å². The molecule has 56 valence electrons. The summed E-state index contributed by atoms with van der Waals surface area (Å²) in [4.78, 5) is 14.3. The van der Waals surface area contributed by atoms with Crippen molar-refractivity contribution in [2.45, 2.75) is 25.0 Å². The summed E-state index contributed by atoms with van der Waals surface area (Å²) in [6, 6.07) is 0. The van der Waals surface area contributed by atoms with E-state index in [0.29, 0.717) is 5.71 Å². The van der Waals surface area contributed by atoms with Crippen molar-refractivity contribution in [3.63, 3.8) is 0 Å². The summed E-state index contributed by atoms with van der Waals surface area (Å²) < 4.78 is 12.5. The Morgan fingerprint density at radius 2 is 2.40 bits per heavy atom. The van der Waals surface area contributed by atoms with Gasteiger partial charge in [0, 0.05) is 6.42 Å². The molecule has 0 aromatic carbocycles. The van der Waals surface area contributed by atoms with Gasteiger partial charge < -0.3 is 0 Å². The highest BCUT2D eigenvalue weighted by molar-refractivity contribution is 6.40. The molecular weight excluding hydrogens is 157 g/mol. The van der Waals surface area contributed by atoms with E-state index in [9.17, 15) is 9.18 Å². The van der Waals surface area contributed by atoms with E-state index in [1.165, 1.54) is 0 Å². The first-order valence-corrected chi connectivity index (χ1v) is 3.40. The van der Waals surface area contributed by atoms with Crippen molar-refractivity contribution in [3.8, 4) is 0 Å². The average Bonchev–Trinajstić information content (AvgIpc) is 1.84. The predicted octanol–water partition coefficient (Wildman–Crippen LogP) is 1.32. The molecule has 0 aromatic heterocycles. The molecule has 1 aliphatic heterocycles. The molecule has 1 heterocycles. The van der Waals surface area contributed by atoms with E-state index in [1.807, 2.05) is 0 Å². The van der Waals surface area contributed by atoms with Gasteiger partial charge in [-0.1, -0.05) is 11.6 Å². The number of carbonyl (C=O) groups excluding carboxylic acids is 1. The first-order valence-electron chi connectivity index (χ1n) is 2.97. The average molecular weight is 164 g/mol. The Balaban J connectivity index is 2.79. The lowest BCUT2D eigenvalue weighted by Crippen LogP contribution is -2.29. The summed E-state index contributed by atoms with van der Waals surface area (Å²) in [5, 5.41) is 0. The number of hydrogen-bond acceptors (Lipinski definition) is 2. The van der Waals surface area contributed by atoms with Crippen LogP contribution in [0.4, 0.5) is 4.39 Å². The molecule has 10 heavy (non-hydrogen) atoms. The van der Waals surface area contributed by atoms with Gasteiger partial charge in [0.25, 0.3) is 0 Å². The van der Waals surface area contributed by atoms with Gasteiger partial charge in [-0.05, 0) is 6.92 Å². The number of alkyl halides is 2. The molecule has 0 amide bonds. The van der Waals surface area contributed by atoms with Crippen LogP contribution in [0.5, 0.6) is 0 Å². The molecule has 0 aromatic rings. The minimum Gasteiger partial charge on any atom is -0.293 e. The number of ketones is 1. The normalized spacial score (nSPS) is 33.9. The van der Waals surface area contributed by atoms with Crippen LogP contribution >= 0.6 is 11.6 Å². The quantitative estimate of drug-likeness (QED) is 0.391. The summed E-state index contributed by atoms with van der Waals surface area (Å²) in [6.45, 7) is 1.55. The van der Waals surface area contributed by atoms with Gasteiger partial charge in [-0.2, -0.15) is 0 Å². The third-order valence-corrected chi connectivity index (χ3v) is 1.77. The van der Waals surface area contributed by atoms with Crippen LogP contribution in [-0.2, 0) is 4.79 Å². The van der Waals surface area contributed by atoms with Crippen molar-refractivity contribution in [1.29, 1.82) is 0 Å². The van der Waals surface area contributed by atoms with E-state index in [-0.39, 0.29) is 12.2 Å². The molecule has 2 nitrogen and oxygen atoms in total. The van der Waals surface area contributed by atoms with Crippen LogP contribution in [0.1, 0.15) is 13.3 Å². The Morgan fingerprint density at radius 1 is 1.80 bits per heavy atom. The number of carbonyl (C=O) groups is 1. The number of hydrogen-bond donors (Lipinski definition) is 0. The van der Waals surface area contributed by atoms with Crippen molar-refractivity contribution in [1.82, 2.24) is 0 Å². The van der Waals surface area contributed by atoms with Crippen molar-refractivity contribution >= 4 is 23.1 Å². The van der Waals surface area contributed by atoms with Crippen molar-refractivity contribution in [2.75, 3.05) is 0 Å². The summed E-state index contributed by atoms with van der Waals surface area (Å²) in [5.41, 5.74) is -0.536. The number of halogens is 2. The summed E-state index contributed by atoms with van der Waals surface area (Å²) >= 11 is 5.41. The van der Waals surface area contributed by atoms with Gasteiger partial charge in [-0.25, -0.2) is 4.39 Å². The minimum atomic E-state index is -1.31. The maximum atomic E-state index is 12.5. The lowest BCUT2D eigenvalue weighted by atomic mass is 10.1. The standard InChI is InChI=1S/C6H7ClFNO/c1-3-5(10)2-4(8)6(7)9-3/h4,6H,2H2,1H3. The van der Waals surface area contributed by atoms with E-state index in [4.69, 9.17) is 11.6 Å². The molecule has 0 bridgehead atoms. The zero-order chi connectivity index (χ0) is 7.72. The lowest BCUT2D eigenvalue weighted by Gasteiger charge is -2.15. The molecule has 0 radical (unpaired) electrons. The molecule has 1 rings (SSSR count). The molecule has 0 N–H and O–H groups in total. The zero-order valence-corrected chi connectivity index (χ0v) is 6.23. The van der Waals surface area contributed by atoms with Gasteiger partial charge >= 0.3 is 0 Å². The van der Waals surface area contributed by atoms with Crippen molar-refractivity contribution in [3.05, 3.63) is 0 Å². The third kappa shape index (κ3) is 1.34. The molecule has 0 aliphatic carbocycles. The number of rotatable bonds is 0.